The van der Waals surface area contributed by atoms with E-state index in [2.05, 4.69) is 4.98 Å². The van der Waals surface area contributed by atoms with E-state index in [4.69, 9.17) is 14.6 Å². The minimum Gasteiger partial charge on any atom is -0.492 e. The Labute approximate surface area is 186 Å². The molecule has 32 heavy (non-hydrogen) atoms. The average Bonchev–Trinajstić information content (AvgIpc) is 2.80. The summed E-state index contributed by atoms with van der Waals surface area (Å²) in [6.07, 6.45) is 1.02. The largest absolute Gasteiger partial charge is 0.492 e. The van der Waals surface area contributed by atoms with E-state index in [0.717, 1.165) is 16.3 Å². The quantitative estimate of drug-likeness (QED) is 0.519. The Morgan fingerprint density at radius 1 is 0.938 bits per heavy atom. The molecule has 3 rings (SSSR count). The predicted molar refractivity (Wildman–Crippen MR) is 120 cm³/mol. The number of amides is 1. The van der Waals surface area contributed by atoms with Crippen LogP contribution in [-0.4, -0.2) is 53.8 Å². The summed E-state index contributed by atoms with van der Waals surface area (Å²) in [5.74, 6) is 0.784. The molecule has 1 heterocycles. The molecule has 2 aromatic carbocycles. The van der Waals surface area contributed by atoms with E-state index in [1.165, 1.54) is 0 Å². The summed E-state index contributed by atoms with van der Waals surface area (Å²) in [6.45, 7) is 0.766. The summed E-state index contributed by atoms with van der Waals surface area (Å²) in [5, 5.41) is 9.17. The lowest BCUT2D eigenvalue weighted by Crippen LogP contribution is -2.37. The number of pyridine rings is 1. The van der Waals surface area contributed by atoms with Gasteiger partial charge in [0.1, 0.15) is 30.5 Å². The number of benzene rings is 2. The molecular formula is C24H25N3O5. The summed E-state index contributed by atoms with van der Waals surface area (Å²) in [7, 11) is 1.94. The van der Waals surface area contributed by atoms with Gasteiger partial charge < -0.3 is 19.5 Å². The second kappa shape index (κ2) is 11.4. The van der Waals surface area contributed by atoms with Gasteiger partial charge in [-0.2, -0.15) is 0 Å². The fourth-order valence-corrected chi connectivity index (χ4v) is 2.91. The first-order valence-electron chi connectivity index (χ1n) is 10.1. The van der Waals surface area contributed by atoms with E-state index in [1.807, 2.05) is 30.1 Å². The molecule has 8 heteroatoms. The number of hydrogen-bond donors (Lipinski definition) is 1. The number of aliphatic carboxylic acids is 1. The third-order valence-corrected chi connectivity index (χ3v) is 4.57. The molecule has 0 fully saturated rings. The van der Waals surface area contributed by atoms with Crippen LogP contribution in [0.1, 0.15) is 5.56 Å². The number of carboxylic acid groups (broad SMARTS) is 1. The van der Waals surface area contributed by atoms with E-state index in [9.17, 15) is 9.59 Å². The summed E-state index contributed by atoms with van der Waals surface area (Å²) in [5.41, 5.74) is 0.759. The number of anilines is 1. The number of carbonyl (C=O) groups excluding carboxylic acids is 1. The highest BCUT2D eigenvalue weighted by Gasteiger charge is 2.19. The molecule has 0 bridgehead atoms. The third kappa shape index (κ3) is 7.02. The molecule has 0 atom stereocenters. The maximum Gasteiger partial charge on any atom is 0.416 e. The van der Waals surface area contributed by atoms with E-state index >= 15 is 0 Å². The highest BCUT2D eigenvalue weighted by molar-refractivity contribution is 5.78. The van der Waals surface area contributed by atoms with Gasteiger partial charge in [0, 0.05) is 19.8 Å². The minimum atomic E-state index is -1.12. The van der Waals surface area contributed by atoms with Crippen LogP contribution in [-0.2, 0) is 11.3 Å². The zero-order valence-electron chi connectivity index (χ0n) is 17.8. The zero-order chi connectivity index (χ0) is 22.8. The number of carboxylic acids is 1. The Balaban J connectivity index is 1.53. The van der Waals surface area contributed by atoms with Crippen molar-refractivity contribution in [1.82, 2.24) is 9.88 Å². The van der Waals surface area contributed by atoms with E-state index < -0.39 is 18.6 Å². The third-order valence-electron chi connectivity index (χ3n) is 4.57. The number of para-hydroxylation sites is 1. The fraction of sp³-hybridized carbons (Fsp3) is 0.208. The Kier molecular flexibility index (Phi) is 8.02. The molecule has 1 N–H and O–H groups in total. The molecule has 0 saturated carbocycles. The second-order valence-corrected chi connectivity index (χ2v) is 7.03. The molecule has 166 valence electrons. The molecule has 0 saturated heterocycles. The number of nitrogens with zero attached hydrogens (tertiary/aromatic N) is 3. The fourth-order valence-electron chi connectivity index (χ4n) is 2.91. The van der Waals surface area contributed by atoms with Gasteiger partial charge in [-0.1, -0.05) is 36.4 Å². The lowest BCUT2D eigenvalue weighted by molar-refractivity contribution is -0.138. The van der Waals surface area contributed by atoms with E-state index in [0.29, 0.717) is 24.7 Å². The molecule has 0 aliphatic heterocycles. The maximum absolute atomic E-state index is 12.4. The minimum absolute atomic E-state index is 0.0979. The molecule has 0 aliphatic carbocycles. The highest BCUT2D eigenvalue weighted by atomic mass is 16.6. The predicted octanol–water partition coefficient (Wildman–Crippen LogP) is 3.68. The van der Waals surface area contributed by atoms with Crippen molar-refractivity contribution < 1.29 is 24.2 Å². The monoisotopic (exact) mass is 435 g/mol. The van der Waals surface area contributed by atoms with Crippen molar-refractivity contribution in [2.24, 2.45) is 0 Å². The van der Waals surface area contributed by atoms with Crippen molar-refractivity contribution in [2.45, 2.75) is 6.54 Å². The molecule has 0 spiro atoms. The average molecular weight is 435 g/mol. The lowest BCUT2D eigenvalue weighted by Gasteiger charge is -2.20. The number of likely N-dealkylation sites (N-methyl/N-ethyl adjacent to an activating group) is 1. The lowest BCUT2D eigenvalue weighted by atomic mass is 10.2. The van der Waals surface area contributed by atoms with Gasteiger partial charge in [0.05, 0.1) is 6.54 Å². The second-order valence-electron chi connectivity index (χ2n) is 7.03. The van der Waals surface area contributed by atoms with Crippen LogP contribution in [0.3, 0.4) is 0 Å². The molecule has 1 amide bonds. The number of hydrogen-bond acceptors (Lipinski definition) is 6. The molecule has 3 aromatic rings. The van der Waals surface area contributed by atoms with Crippen molar-refractivity contribution in [2.75, 3.05) is 31.6 Å². The Morgan fingerprint density at radius 3 is 2.31 bits per heavy atom. The van der Waals surface area contributed by atoms with Gasteiger partial charge in [-0.3, -0.25) is 9.69 Å². The van der Waals surface area contributed by atoms with Gasteiger partial charge in [0.25, 0.3) is 0 Å². The van der Waals surface area contributed by atoms with Gasteiger partial charge in [-0.25, -0.2) is 9.78 Å². The van der Waals surface area contributed by atoms with Crippen LogP contribution in [0.25, 0.3) is 0 Å². The Bertz CT molecular complexity index is 997. The van der Waals surface area contributed by atoms with E-state index in [1.54, 1.807) is 60.8 Å². The summed E-state index contributed by atoms with van der Waals surface area (Å²) in [4.78, 5) is 31.1. The first kappa shape index (κ1) is 22.6. The topological polar surface area (TPSA) is 92.2 Å². The van der Waals surface area contributed by atoms with Crippen molar-refractivity contribution >= 4 is 17.9 Å². The maximum atomic E-state index is 12.4. The van der Waals surface area contributed by atoms with Crippen molar-refractivity contribution in [3.63, 3.8) is 0 Å². The molecule has 1 aromatic heterocycles. The molecule has 0 aliphatic rings. The molecule has 0 unspecified atom stereocenters. The standard InChI is InChI=1S/C24H25N3O5/c1-26(22-9-5-6-14-25-22)15-16-31-20-12-10-19(11-13-20)17-27(18-23(28)29)24(30)32-21-7-3-2-4-8-21/h2-14H,15-18H2,1H3,(H,28,29). The molecule has 8 nitrogen and oxygen atoms in total. The van der Waals surface area contributed by atoms with Crippen LogP contribution < -0.4 is 14.4 Å². The van der Waals surface area contributed by atoms with E-state index in [-0.39, 0.29) is 6.54 Å². The Hall–Kier alpha value is -4.07. The van der Waals surface area contributed by atoms with Gasteiger partial charge in [-0.15, -0.1) is 0 Å². The van der Waals surface area contributed by atoms with Crippen molar-refractivity contribution in [3.05, 3.63) is 84.6 Å². The van der Waals surface area contributed by atoms with Crippen LogP contribution in [0.4, 0.5) is 10.6 Å². The van der Waals surface area contributed by atoms with Crippen LogP contribution in [0, 0.1) is 0 Å². The summed E-state index contributed by atoms with van der Waals surface area (Å²) in [6, 6.07) is 21.4. The van der Waals surface area contributed by atoms with Gasteiger partial charge in [0.2, 0.25) is 0 Å². The van der Waals surface area contributed by atoms with Crippen LogP contribution in [0.5, 0.6) is 11.5 Å². The number of rotatable bonds is 10. The van der Waals surface area contributed by atoms with Crippen LogP contribution in [0.2, 0.25) is 0 Å². The van der Waals surface area contributed by atoms with Gasteiger partial charge in [0.15, 0.2) is 0 Å². The zero-order valence-corrected chi connectivity index (χ0v) is 17.8. The Morgan fingerprint density at radius 2 is 1.66 bits per heavy atom. The van der Waals surface area contributed by atoms with Crippen molar-refractivity contribution in [1.29, 1.82) is 0 Å². The number of ether oxygens (including phenoxy) is 2. The van der Waals surface area contributed by atoms with Gasteiger partial charge >= 0.3 is 12.1 Å². The normalized spacial score (nSPS) is 10.3. The van der Waals surface area contributed by atoms with Gasteiger partial charge in [-0.05, 0) is 42.0 Å². The summed E-state index contributed by atoms with van der Waals surface area (Å²) >= 11 is 0. The highest BCUT2D eigenvalue weighted by Crippen LogP contribution is 2.16. The SMILES string of the molecule is CN(CCOc1ccc(CN(CC(=O)O)C(=O)Oc2ccccc2)cc1)c1ccccn1. The number of aromatic nitrogens is 1. The summed E-state index contributed by atoms with van der Waals surface area (Å²) < 4.78 is 11.1. The van der Waals surface area contributed by atoms with Crippen molar-refractivity contribution in [3.8, 4) is 11.5 Å². The number of carbonyl (C=O) groups is 2. The first-order chi connectivity index (χ1) is 15.5. The van der Waals surface area contributed by atoms with Crippen LogP contribution >= 0.6 is 0 Å². The molecule has 0 radical (unpaired) electrons. The first-order valence-corrected chi connectivity index (χ1v) is 10.1. The smallest absolute Gasteiger partial charge is 0.416 e. The van der Waals surface area contributed by atoms with Crippen LogP contribution in [0.15, 0.2) is 79.0 Å². The molecular weight excluding hydrogens is 410 g/mol.